The van der Waals surface area contributed by atoms with Gasteiger partial charge in [-0.05, 0) is 29.8 Å². The first-order chi connectivity index (χ1) is 11.5. The zero-order valence-electron chi connectivity index (χ0n) is 12.0. The maximum Gasteiger partial charge on any atom is 0.277 e. The van der Waals surface area contributed by atoms with Gasteiger partial charge in [0, 0.05) is 33.6 Å². The maximum absolute atomic E-state index is 12.0. The molecule has 122 valence electrons. The lowest BCUT2D eigenvalue weighted by Crippen LogP contribution is -2.17. The summed E-state index contributed by atoms with van der Waals surface area (Å²) in [6.45, 7) is 0. The number of H-pyrrole nitrogens is 1. The van der Waals surface area contributed by atoms with E-state index in [4.69, 9.17) is 23.2 Å². The number of carbonyl (C=O) groups excluding carboxylic acids is 1. The second kappa shape index (κ2) is 7.12. The first-order valence-electron chi connectivity index (χ1n) is 6.76. The second-order valence-electron chi connectivity index (χ2n) is 4.85. The maximum atomic E-state index is 12.0. The van der Waals surface area contributed by atoms with Gasteiger partial charge in [0.1, 0.15) is 5.69 Å². The van der Waals surface area contributed by atoms with Gasteiger partial charge in [-0.1, -0.05) is 23.2 Å². The Balaban J connectivity index is 1.70. The van der Waals surface area contributed by atoms with Crippen molar-refractivity contribution in [1.82, 2.24) is 15.2 Å². The molecule has 6 nitrogen and oxygen atoms in total. The fourth-order valence-electron chi connectivity index (χ4n) is 1.99. The minimum absolute atomic E-state index is 0.105. The van der Waals surface area contributed by atoms with Crippen LogP contribution in [0.4, 0.5) is 5.13 Å². The normalized spacial score (nSPS) is 10.6. The summed E-state index contributed by atoms with van der Waals surface area (Å²) in [6, 6.07) is 7.90. The number of anilines is 1. The van der Waals surface area contributed by atoms with Gasteiger partial charge in [-0.15, -0.1) is 11.3 Å². The van der Waals surface area contributed by atoms with E-state index >= 15 is 0 Å². The number of halogens is 2. The van der Waals surface area contributed by atoms with E-state index in [2.05, 4.69) is 20.5 Å². The molecule has 2 heterocycles. The Kier molecular flexibility index (Phi) is 4.94. The third kappa shape index (κ3) is 4.19. The highest BCUT2D eigenvalue weighted by Gasteiger charge is 2.11. The number of aromatic amines is 1. The Morgan fingerprint density at radius 3 is 2.62 bits per heavy atom. The Hall–Kier alpha value is -2.22. The molecule has 0 spiro atoms. The number of benzene rings is 1. The molecule has 0 aliphatic rings. The van der Waals surface area contributed by atoms with Gasteiger partial charge >= 0.3 is 0 Å². The minimum Gasteiger partial charge on any atom is -0.296 e. The van der Waals surface area contributed by atoms with Crippen LogP contribution in [-0.2, 0) is 6.42 Å². The fraction of sp³-hybridized carbons (Fsp3) is 0.0667. The van der Waals surface area contributed by atoms with Crippen LogP contribution in [0.1, 0.15) is 20.9 Å². The summed E-state index contributed by atoms with van der Waals surface area (Å²) < 4.78 is 0. The average molecular weight is 381 g/mol. The van der Waals surface area contributed by atoms with E-state index in [1.165, 1.54) is 23.5 Å². The molecular formula is C15H10Cl2N4O2S. The van der Waals surface area contributed by atoms with Crippen molar-refractivity contribution in [2.45, 2.75) is 6.42 Å². The molecule has 2 N–H and O–H groups in total. The summed E-state index contributed by atoms with van der Waals surface area (Å²) in [6.07, 6.45) is 2.28. The van der Waals surface area contributed by atoms with Crippen molar-refractivity contribution >= 4 is 45.6 Å². The molecule has 2 aromatic heterocycles. The molecule has 1 aromatic carbocycles. The van der Waals surface area contributed by atoms with E-state index in [0.717, 1.165) is 10.4 Å². The molecule has 0 atom stereocenters. The van der Waals surface area contributed by atoms with Gasteiger partial charge in [-0.3, -0.25) is 14.9 Å². The van der Waals surface area contributed by atoms with E-state index in [0.29, 0.717) is 21.6 Å². The molecule has 3 rings (SSSR count). The Labute approximate surface area is 150 Å². The number of rotatable bonds is 4. The first kappa shape index (κ1) is 16.6. The lowest BCUT2D eigenvalue weighted by molar-refractivity contribution is 0.102. The summed E-state index contributed by atoms with van der Waals surface area (Å²) >= 11 is 13.3. The lowest BCUT2D eigenvalue weighted by atomic mass is 10.1. The topological polar surface area (TPSA) is 87.7 Å². The Morgan fingerprint density at radius 2 is 1.96 bits per heavy atom. The molecule has 0 bridgehead atoms. The van der Waals surface area contributed by atoms with Gasteiger partial charge in [-0.2, -0.15) is 5.10 Å². The van der Waals surface area contributed by atoms with Crippen LogP contribution in [-0.4, -0.2) is 21.1 Å². The number of hydrogen-bond acceptors (Lipinski definition) is 5. The molecule has 0 aliphatic heterocycles. The molecule has 0 unspecified atom stereocenters. The monoisotopic (exact) mass is 380 g/mol. The first-order valence-corrected chi connectivity index (χ1v) is 8.33. The summed E-state index contributed by atoms with van der Waals surface area (Å²) in [5.74, 6) is -0.446. The Morgan fingerprint density at radius 1 is 1.21 bits per heavy atom. The number of nitrogens with zero attached hydrogens (tertiary/aromatic N) is 2. The van der Waals surface area contributed by atoms with Crippen molar-refractivity contribution in [3.05, 3.63) is 73.1 Å². The number of nitrogens with one attached hydrogen (secondary N) is 2. The number of carbonyl (C=O) groups is 1. The largest absolute Gasteiger partial charge is 0.296 e. The second-order valence-corrected chi connectivity index (χ2v) is 6.83. The molecule has 24 heavy (non-hydrogen) atoms. The van der Waals surface area contributed by atoms with Crippen molar-refractivity contribution in [2.24, 2.45) is 0 Å². The molecule has 0 fully saturated rings. The molecule has 3 aromatic rings. The molecular weight excluding hydrogens is 371 g/mol. The van der Waals surface area contributed by atoms with Crippen LogP contribution >= 0.6 is 34.5 Å². The van der Waals surface area contributed by atoms with Gasteiger partial charge in [0.2, 0.25) is 0 Å². The van der Waals surface area contributed by atoms with Crippen molar-refractivity contribution in [2.75, 3.05) is 5.32 Å². The molecule has 0 aliphatic carbocycles. The predicted molar refractivity (Wildman–Crippen MR) is 94.2 cm³/mol. The standard InChI is InChI=1S/C15H10Cl2N4O2S/c16-9-3-8(4-10(17)6-9)5-11-7-18-15(24-11)19-14(23)12-1-2-13(22)21-20-12/h1-4,6-7H,5H2,(H,21,22)(H,18,19,23). The third-order valence-electron chi connectivity index (χ3n) is 2.99. The number of aromatic nitrogens is 3. The van der Waals surface area contributed by atoms with Crippen LogP contribution in [0.25, 0.3) is 0 Å². The quantitative estimate of drug-likeness (QED) is 0.725. The summed E-state index contributed by atoms with van der Waals surface area (Å²) in [4.78, 5) is 28.1. The van der Waals surface area contributed by atoms with Gasteiger partial charge in [-0.25, -0.2) is 10.1 Å². The van der Waals surface area contributed by atoms with E-state index in [-0.39, 0.29) is 11.3 Å². The van der Waals surface area contributed by atoms with Crippen molar-refractivity contribution < 1.29 is 4.79 Å². The zero-order valence-corrected chi connectivity index (χ0v) is 14.4. The number of amides is 1. The summed E-state index contributed by atoms with van der Waals surface area (Å²) in [5, 5.41) is 10.1. The van der Waals surface area contributed by atoms with Crippen molar-refractivity contribution in [3.8, 4) is 0 Å². The SMILES string of the molecule is O=C(Nc1ncc(Cc2cc(Cl)cc(Cl)c2)s1)c1ccc(=O)[nH]n1. The highest BCUT2D eigenvalue weighted by atomic mass is 35.5. The van der Waals surface area contributed by atoms with Crippen LogP contribution in [0.3, 0.4) is 0 Å². The molecule has 9 heteroatoms. The van der Waals surface area contributed by atoms with Gasteiger partial charge in [0.25, 0.3) is 11.5 Å². The van der Waals surface area contributed by atoms with Crippen LogP contribution in [0.2, 0.25) is 10.0 Å². The smallest absolute Gasteiger partial charge is 0.277 e. The van der Waals surface area contributed by atoms with Crippen LogP contribution < -0.4 is 10.9 Å². The number of hydrogen-bond donors (Lipinski definition) is 2. The fourth-order valence-corrected chi connectivity index (χ4v) is 3.41. The number of thiazole rings is 1. The highest BCUT2D eigenvalue weighted by molar-refractivity contribution is 7.15. The van der Waals surface area contributed by atoms with Crippen LogP contribution in [0.15, 0.2) is 41.3 Å². The van der Waals surface area contributed by atoms with E-state index in [1.807, 2.05) is 12.1 Å². The van der Waals surface area contributed by atoms with Gasteiger partial charge in [0.15, 0.2) is 5.13 Å². The van der Waals surface area contributed by atoms with Crippen LogP contribution in [0.5, 0.6) is 0 Å². The third-order valence-corrected chi connectivity index (χ3v) is 4.34. The molecule has 1 amide bonds. The van der Waals surface area contributed by atoms with Gasteiger partial charge in [0.05, 0.1) is 0 Å². The van der Waals surface area contributed by atoms with Crippen molar-refractivity contribution in [1.29, 1.82) is 0 Å². The van der Waals surface area contributed by atoms with Crippen LogP contribution in [0, 0.1) is 0 Å². The predicted octanol–water partition coefficient (Wildman–Crippen LogP) is 3.38. The summed E-state index contributed by atoms with van der Waals surface area (Å²) in [5.41, 5.74) is 0.688. The van der Waals surface area contributed by atoms with E-state index in [1.54, 1.807) is 12.3 Å². The Bertz CT molecular complexity index is 914. The highest BCUT2D eigenvalue weighted by Crippen LogP contribution is 2.25. The zero-order chi connectivity index (χ0) is 17.1. The van der Waals surface area contributed by atoms with E-state index < -0.39 is 5.91 Å². The van der Waals surface area contributed by atoms with Gasteiger partial charge < -0.3 is 0 Å². The molecule has 0 saturated carbocycles. The molecule has 0 saturated heterocycles. The molecule has 0 radical (unpaired) electrons. The summed E-state index contributed by atoms with van der Waals surface area (Å²) in [7, 11) is 0. The average Bonchev–Trinajstić information content (AvgIpc) is 2.93. The minimum atomic E-state index is -0.446. The lowest BCUT2D eigenvalue weighted by Gasteiger charge is -2.01. The van der Waals surface area contributed by atoms with Crippen molar-refractivity contribution in [3.63, 3.8) is 0 Å². The van der Waals surface area contributed by atoms with E-state index in [9.17, 15) is 9.59 Å².